The van der Waals surface area contributed by atoms with Crippen molar-refractivity contribution in [3.63, 3.8) is 0 Å². The zero-order valence-corrected chi connectivity index (χ0v) is 10.0. The van der Waals surface area contributed by atoms with Gasteiger partial charge in [-0.1, -0.05) is 6.92 Å². The fourth-order valence-electron chi connectivity index (χ4n) is 1.96. The summed E-state index contributed by atoms with van der Waals surface area (Å²) in [6, 6.07) is 0. The second kappa shape index (κ2) is 6.18. The Morgan fingerprint density at radius 2 is 2.19 bits per heavy atom. The molecule has 0 amide bonds. The van der Waals surface area contributed by atoms with E-state index in [-0.39, 0.29) is 24.9 Å². The fraction of sp³-hybridized carbons (Fsp3) is 0.909. The molecule has 1 fully saturated rings. The van der Waals surface area contributed by atoms with Crippen molar-refractivity contribution in [1.29, 1.82) is 0 Å². The van der Waals surface area contributed by atoms with Gasteiger partial charge in [-0.15, -0.1) is 0 Å². The number of carboxylic acid groups (broad SMARTS) is 1. The molecule has 0 aliphatic carbocycles. The van der Waals surface area contributed by atoms with Crippen molar-refractivity contribution in [3.05, 3.63) is 0 Å². The first-order valence-corrected chi connectivity index (χ1v) is 5.52. The normalized spacial score (nSPS) is 34.9. The molecule has 0 radical (unpaired) electrons. The highest BCUT2D eigenvalue weighted by molar-refractivity contribution is 5.68. The molecule has 1 saturated heterocycles. The molecule has 0 spiro atoms. The number of carbonyl (C=O) groups is 1. The quantitative estimate of drug-likeness (QED) is 0.763. The van der Waals surface area contributed by atoms with E-state index in [1.54, 1.807) is 7.11 Å². The van der Waals surface area contributed by atoms with Crippen LogP contribution in [0.1, 0.15) is 20.3 Å². The molecule has 4 unspecified atom stereocenters. The summed E-state index contributed by atoms with van der Waals surface area (Å²) >= 11 is 0. The van der Waals surface area contributed by atoms with Crippen LogP contribution in [-0.4, -0.2) is 49.7 Å². The van der Waals surface area contributed by atoms with E-state index in [1.165, 1.54) is 0 Å². The van der Waals surface area contributed by atoms with E-state index in [9.17, 15) is 4.79 Å². The molecule has 5 nitrogen and oxygen atoms in total. The third-order valence-electron chi connectivity index (χ3n) is 2.90. The molecule has 1 N–H and O–H groups in total. The zero-order chi connectivity index (χ0) is 12.1. The Morgan fingerprint density at radius 1 is 1.50 bits per heavy atom. The first kappa shape index (κ1) is 13.4. The van der Waals surface area contributed by atoms with Gasteiger partial charge in [-0.2, -0.15) is 0 Å². The van der Waals surface area contributed by atoms with E-state index < -0.39 is 5.97 Å². The molecule has 0 aromatic carbocycles. The lowest BCUT2D eigenvalue weighted by atomic mass is 9.92. The lowest BCUT2D eigenvalue weighted by Crippen LogP contribution is -2.45. The van der Waals surface area contributed by atoms with Crippen LogP contribution in [0, 0.1) is 5.92 Å². The van der Waals surface area contributed by atoms with Gasteiger partial charge in [-0.05, 0) is 19.3 Å². The van der Waals surface area contributed by atoms with Crippen molar-refractivity contribution < 1.29 is 24.1 Å². The van der Waals surface area contributed by atoms with Crippen LogP contribution >= 0.6 is 0 Å². The summed E-state index contributed by atoms with van der Waals surface area (Å²) in [7, 11) is 1.65. The van der Waals surface area contributed by atoms with Gasteiger partial charge in [0, 0.05) is 7.11 Å². The summed E-state index contributed by atoms with van der Waals surface area (Å²) in [5.41, 5.74) is 0. The Morgan fingerprint density at radius 3 is 2.75 bits per heavy atom. The van der Waals surface area contributed by atoms with Crippen LogP contribution < -0.4 is 0 Å². The second-order valence-corrected chi connectivity index (χ2v) is 4.29. The average molecular weight is 232 g/mol. The maximum Gasteiger partial charge on any atom is 0.329 e. The Kier molecular flexibility index (Phi) is 5.18. The predicted molar refractivity (Wildman–Crippen MR) is 57.4 cm³/mol. The lowest BCUT2D eigenvalue weighted by molar-refractivity contribution is -0.175. The molecule has 94 valence electrons. The van der Waals surface area contributed by atoms with Crippen LogP contribution in [0.4, 0.5) is 0 Å². The Balaban J connectivity index is 2.43. The highest BCUT2D eigenvalue weighted by Crippen LogP contribution is 2.27. The molecule has 16 heavy (non-hydrogen) atoms. The lowest BCUT2D eigenvalue weighted by Gasteiger charge is -2.38. The van der Waals surface area contributed by atoms with E-state index in [4.69, 9.17) is 19.3 Å². The summed E-state index contributed by atoms with van der Waals surface area (Å²) in [5.74, 6) is -0.631. The minimum absolute atomic E-state index is 0.0738. The molecule has 5 heteroatoms. The van der Waals surface area contributed by atoms with Crippen molar-refractivity contribution >= 4 is 5.97 Å². The maximum atomic E-state index is 10.4. The summed E-state index contributed by atoms with van der Waals surface area (Å²) in [6.07, 6.45) is 0.655. The van der Waals surface area contributed by atoms with Crippen molar-refractivity contribution in [2.45, 2.75) is 38.6 Å². The van der Waals surface area contributed by atoms with E-state index in [0.29, 0.717) is 12.5 Å². The minimum atomic E-state index is -0.945. The van der Waals surface area contributed by atoms with Gasteiger partial charge in [-0.3, -0.25) is 0 Å². The van der Waals surface area contributed by atoms with Crippen LogP contribution in [0.5, 0.6) is 0 Å². The number of carboxylic acids is 1. The number of rotatable bonds is 5. The number of hydrogen-bond donors (Lipinski definition) is 1. The monoisotopic (exact) mass is 232 g/mol. The topological polar surface area (TPSA) is 65.0 Å². The standard InChI is InChI=1S/C11H20O5/c1-7-4-9(15-6-11(12)13)8(2)16-10(7)5-14-3/h7-10H,4-6H2,1-3H3,(H,12,13). The van der Waals surface area contributed by atoms with Crippen LogP contribution in [-0.2, 0) is 19.0 Å². The predicted octanol–water partition coefficient (Wildman–Crippen LogP) is 0.916. The molecular weight excluding hydrogens is 212 g/mol. The van der Waals surface area contributed by atoms with Gasteiger partial charge in [0.05, 0.1) is 24.9 Å². The number of methoxy groups -OCH3 is 1. The highest BCUT2D eigenvalue weighted by Gasteiger charge is 2.34. The Hall–Kier alpha value is -0.650. The molecule has 4 atom stereocenters. The molecule has 1 heterocycles. The van der Waals surface area contributed by atoms with Crippen molar-refractivity contribution in [2.24, 2.45) is 5.92 Å². The Labute approximate surface area is 95.7 Å². The summed E-state index contributed by atoms with van der Waals surface area (Å²) in [4.78, 5) is 10.4. The van der Waals surface area contributed by atoms with Gasteiger partial charge >= 0.3 is 5.97 Å². The molecular formula is C11H20O5. The molecule has 1 rings (SSSR count). The smallest absolute Gasteiger partial charge is 0.329 e. The molecule has 0 aromatic rings. The van der Waals surface area contributed by atoms with Gasteiger partial charge in [0.1, 0.15) is 6.61 Å². The van der Waals surface area contributed by atoms with Crippen LogP contribution in [0.25, 0.3) is 0 Å². The van der Waals surface area contributed by atoms with Gasteiger partial charge < -0.3 is 19.3 Å². The van der Waals surface area contributed by atoms with Gasteiger partial charge in [-0.25, -0.2) is 4.79 Å². The third-order valence-corrected chi connectivity index (χ3v) is 2.90. The van der Waals surface area contributed by atoms with E-state index in [0.717, 1.165) is 6.42 Å². The van der Waals surface area contributed by atoms with Crippen molar-refractivity contribution in [2.75, 3.05) is 20.3 Å². The first-order chi connectivity index (χ1) is 7.54. The van der Waals surface area contributed by atoms with Gasteiger partial charge in [0.2, 0.25) is 0 Å². The average Bonchev–Trinajstić information content (AvgIpc) is 2.21. The molecule has 1 aliphatic heterocycles. The molecule has 0 bridgehead atoms. The van der Waals surface area contributed by atoms with Crippen LogP contribution in [0.3, 0.4) is 0 Å². The SMILES string of the molecule is COCC1OC(C)C(OCC(=O)O)CC1C. The Bertz CT molecular complexity index is 230. The van der Waals surface area contributed by atoms with Gasteiger partial charge in [0.15, 0.2) is 0 Å². The number of ether oxygens (including phenoxy) is 3. The largest absolute Gasteiger partial charge is 0.480 e. The van der Waals surface area contributed by atoms with Gasteiger partial charge in [0.25, 0.3) is 0 Å². The number of aliphatic carboxylic acids is 1. The summed E-state index contributed by atoms with van der Waals surface area (Å²) in [5, 5.41) is 8.55. The molecule has 1 aliphatic rings. The first-order valence-electron chi connectivity index (χ1n) is 5.52. The minimum Gasteiger partial charge on any atom is -0.480 e. The van der Waals surface area contributed by atoms with E-state index in [1.807, 2.05) is 6.92 Å². The molecule has 0 saturated carbocycles. The van der Waals surface area contributed by atoms with Crippen LogP contribution in [0.15, 0.2) is 0 Å². The highest BCUT2D eigenvalue weighted by atomic mass is 16.6. The maximum absolute atomic E-state index is 10.4. The third kappa shape index (κ3) is 3.73. The van der Waals surface area contributed by atoms with E-state index in [2.05, 4.69) is 6.92 Å². The van der Waals surface area contributed by atoms with E-state index >= 15 is 0 Å². The number of hydrogen-bond acceptors (Lipinski definition) is 4. The van der Waals surface area contributed by atoms with Crippen molar-refractivity contribution in [3.8, 4) is 0 Å². The van der Waals surface area contributed by atoms with Crippen molar-refractivity contribution in [1.82, 2.24) is 0 Å². The van der Waals surface area contributed by atoms with Crippen LogP contribution in [0.2, 0.25) is 0 Å². The summed E-state index contributed by atoms with van der Waals surface area (Å²) < 4.78 is 16.1. The zero-order valence-electron chi connectivity index (χ0n) is 10.0. The fourth-order valence-corrected chi connectivity index (χ4v) is 1.96. The summed E-state index contributed by atoms with van der Waals surface area (Å²) in [6.45, 7) is 4.27. The molecule has 0 aromatic heterocycles. The second-order valence-electron chi connectivity index (χ2n) is 4.29.